The van der Waals surface area contributed by atoms with Crippen molar-refractivity contribution >= 4 is 41.7 Å². The zero-order chi connectivity index (χ0) is 16.6. The van der Waals surface area contributed by atoms with Crippen molar-refractivity contribution in [1.29, 1.82) is 0 Å². The Kier molecular flexibility index (Phi) is 10.6. The molecule has 0 aliphatic rings. The van der Waals surface area contributed by atoms with Crippen LogP contribution in [0.5, 0.6) is 5.75 Å². The van der Waals surface area contributed by atoms with E-state index < -0.39 is 0 Å². The van der Waals surface area contributed by atoms with Gasteiger partial charge in [-0.2, -0.15) is 11.8 Å². The van der Waals surface area contributed by atoms with Gasteiger partial charge >= 0.3 is 0 Å². The van der Waals surface area contributed by atoms with Gasteiger partial charge in [0.25, 0.3) is 0 Å². The van der Waals surface area contributed by atoms with Crippen LogP contribution in [0, 0.1) is 5.82 Å². The quantitative estimate of drug-likeness (QED) is 0.375. The maximum absolute atomic E-state index is 13.8. The van der Waals surface area contributed by atoms with Crippen molar-refractivity contribution in [3.05, 3.63) is 29.6 Å². The average Bonchev–Trinajstić information content (AvgIpc) is 2.50. The summed E-state index contributed by atoms with van der Waals surface area (Å²) >= 11 is 1.79. The van der Waals surface area contributed by atoms with Crippen LogP contribution in [0.25, 0.3) is 0 Å². The number of benzene rings is 1. The lowest BCUT2D eigenvalue weighted by Crippen LogP contribution is -2.43. The molecule has 2 N–H and O–H groups in total. The molecule has 0 saturated heterocycles. The topological polar surface area (TPSA) is 45.6 Å². The van der Waals surface area contributed by atoms with Gasteiger partial charge < -0.3 is 15.4 Å². The molecule has 0 aliphatic heterocycles. The van der Waals surface area contributed by atoms with Gasteiger partial charge in [0.1, 0.15) is 0 Å². The van der Waals surface area contributed by atoms with E-state index in [4.69, 9.17) is 4.74 Å². The molecule has 0 fully saturated rings. The molecule has 0 heterocycles. The van der Waals surface area contributed by atoms with E-state index in [2.05, 4.69) is 35.7 Å². The monoisotopic (exact) mass is 455 g/mol. The van der Waals surface area contributed by atoms with Crippen molar-refractivity contribution in [1.82, 2.24) is 10.6 Å². The molecule has 23 heavy (non-hydrogen) atoms. The fourth-order valence-electron chi connectivity index (χ4n) is 1.70. The number of hydrogen-bond acceptors (Lipinski definition) is 3. The lowest BCUT2D eigenvalue weighted by Gasteiger charge is -2.23. The molecule has 0 aromatic heterocycles. The number of nitrogens with zero attached hydrogens (tertiary/aromatic N) is 1. The molecule has 0 bridgehead atoms. The molecule has 1 rings (SSSR count). The van der Waals surface area contributed by atoms with Gasteiger partial charge in [0.15, 0.2) is 17.5 Å². The van der Waals surface area contributed by atoms with Crippen LogP contribution in [0.2, 0.25) is 0 Å². The lowest BCUT2D eigenvalue weighted by atomic mass is 10.2. The third-order valence-corrected chi connectivity index (χ3v) is 4.46. The van der Waals surface area contributed by atoms with Gasteiger partial charge in [0, 0.05) is 24.9 Å². The zero-order valence-corrected chi connectivity index (χ0v) is 17.6. The van der Waals surface area contributed by atoms with Gasteiger partial charge in [0.05, 0.1) is 6.61 Å². The molecule has 1 aromatic rings. The van der Waals surface area contributed by atoms with Crippen molar-refractivity contribution in [2.24, 2.45) is 4.99 Å². The Balaban J connectivity index is 0.00000484. The number of aliphatic imine (C=N–C) groups is 1. The number of nitrogens with one attached hydrogen (secondary N) is 2. The van der Waals surface area contributed by atoms with E-state index in [1.165, 1.54) is 6.07 Å². The SMILES string of the molecule is CCOc1ccc(CNC(=NC)NCC(C)(C)SC)cc1F.I. The Morgan fingerprint density at radius 3 is 2.57 bits per heavy atom. The van der Waals surface area contributed by atoms with E-state index in [0.29, 0.717) is 19.1 Å². The summed E-state index contributed by atoms with van der Waals surface area (Å²) < 4.78 is 19.1. The highest BCUT2D eigenvalue weighted by atomic mass is 127. The van der Waals surface area contributed by atoms with E-state index in [-0.39, 0.29) is 40.3 Å². The standard InChI is InChI=1S/C16H26FN3OS.HI/c1-6-21-14-8-7-12(9-13(14)17)10-19-15(18-4)20-11-16(2,3)22-5;/h7-9H,6,10-11H2,1-5H3,(H2,18,19,20);1H. The maximum Gasteiger partial charge on any atom is 0.191 e. The third-order valence-electron chi connectivity index (χ3n) is 3.21. The lowest BCUT2D eigenvalue weighted by molar-refractivity contribution is 0.321. The Morgan fingerprint density at radius 2 is 2.04 bits per heavy atom. The average molecular weight is 455 g/mol. The van der Waals surface area contributed by atoms with E-state index in [1.807, 2.05) is 13.0 Å². The van der Waals surface area contributed by atoms with Crippen LogP contribution in [-0.4, -0.2) is 37.2 Å². The Morgan fingerprint density at radius 1 is 1.35 bits per heavy atom. The van der Waals surface area contributed by atoms with Crippen LogP contribution in [0.1, 0.15) is 26.3 Å². The van der Waals surface area contributed by atoms with Crippen molar-refractivity contribution in [3.8, 4) is 5.75 Å². The summed E-state index contributed by atoms with van der Waals surface area (Å²) in [5.41, 5.74) is 0.841. The first-order chi connectivity index (χ1) is 10.4. The highest BCUT2D eigenvalue weighted by Gasteiger charge is 2.16. The number of thioether (sulfide) groups is 1. The fraction of sp³-hybridized carbons (Fsp3) is 0.562. The van der Waals surface area contributed by atoms with Crippen LogP contribution in [0.3, 0.4) is 0 Å². The van der Waals surface area contributed by atoms with E-state index >= 15 is 0 Å². The molecule has 0 atom stereocenters. The van der Waals surface area contributed by atoms with Gasteiger partial charge in [-0.25, -0.2) is 4.39 Å². The first kappa shape index (κ1) is 22.3. The molecule has 132 valence electrons. The van der Waals surface area contributed by atoms with Gasteiger partial charge in [-0.1, -0.05) is 6.07 Å². The summed E-state index contributed by atoms with van der Waals surface area (Å²) in [7, 11) is 1.72. The fourth-order valence-corrected chi connectivity index (χ4v) is 1.92. The predicted octanol–water partition coefficient (Wildman–Crippen LogP) is 3.65. The minimum Gasteiger partial charge on any atom is -0.491 e. The van der Waals surface area contributed by atoms with Crippen molar-refractivity contribution in [3.63, 3.8) is 0 Å². The molecule has 0 spiro atoms. The molecule has 0 radical (unpaired) electrons. The van der Waals surface area contributed by atoms with E-state index in [1.54, 1.807) is 24.9 Å². The minimum atomic E-state index is -0.340. The molecule has 0 amide bonds. The second kappa shape index (κ2) is 11.0. The summed E-state index contributed by atoms with van der Waals surface area (Å²) in [6.45, 7) is 7.92. The largest absolute Gasteiger partial charge is 0.491 e. The summed E-state index contributed by atoms with van der Waals surface area (Å²) in [6.07, 6.45) is 2.08. The highest BCUT2D eigenvalue weighted by Crippen LogP contribution is 2.19. The first-order valence-electron chi connectivity index (χ1n) is 7.32. The Labute approximate surface area is 160 Å². The van der Waals surface area contributed by atoms with Crippen molar-refractivity contribution in [2.75, 3.05) is 26.5 Å². The number of hydrogen-bond donors (Lipinski definition) is 2. The second-order valence-electron chi connectivity index (χ2n) is 5.44. The van der Waals surface area contributed by atoms with Crippen LogP contribution in [0.15, 0.2) is 23.2 Å². The predicted molar refractivity (Wildman–Crippen MR) is 109 cm³/mol. The minimum absolute atomic E-state index is 0. The zero-order valence-electron chi connectivity index (χ0n) is 14.4. The smallest absolute Gasteiger partial charge is 0.191 e. The summed E-state index contributed by atoms with van der Waals surface area (Å²) in [6, 6.07) is 4.99. The molecular formula is C16H27FIN3OS. The van der Waals surface area contributed by atoms with Gasteiger partial charge in [0.2, 0.25) is 0 Å². The first-order valence-corrected chi connectivity index (χ1v) is 8.55. The summed E-state index contributed by atoms with van der Waals surface area (Å²) in [5, 5.41) is 6.46. The maximum atomic E-state index is 13.8. The normalized spacial score (nSPS) is 11.7. The molecule has 4 nitrogen and oxygen atoms in total. The Hall–Kier alpha value is -0.700. The van der Waals surface area contributed by atoms with Crippen LogP contribution in [-0.2, 0) is 6.54 Å². The summed E-state index contributed by atoms with van der Waals surface area (Å²) in [4.78, 5) is 4.18. The second-order valence-corrected chi connectivity index (χ2v) is 6.95. The Bertz CT molecular complexity index is 512. The highest BCUT2D eigenvalue weighted by molar-refractivity contribution is 14.0. The number of halogens is 2. The molecule has 0 unspecified atom stereocenters. The third kappa shape index (κ3) is 8.10. The van der Waals surface area contributed by atoms with Crippen LogP contribution in [0.4, 0.5) is 4.39 Å². The van der Waals surface area contributed by atoms with Gasteiger partial charge in [-0.3, -0.25) is 4.99 Å². The van der Waals surface area contributed by atoms with Crippen LogP contribution >= 0.6 is 35.7 Å². The molecule has 0 aliphatic carbocycles. The molecule has 7 heteroatoms. The number of rotatable bonds is 7. The molecular weight excluding hydrogens is 428 g/mol. The van der Waals surface area contributed by atoms with E-state index in [9.17, 15) is 4.39 Å². The van der Waals surface area contributed by atoms with Crippen molar-refractivity contribution in [2.45, 2.75) is 32.1 Å². The van der Waals surface area contributed by atoms with Crippen molar-refractivity contribution < 1.29 is 9.13 Å². The summed E-state index contributed by atoms with van der Waals surface area (Å²) in [5.74, 6) is 0.652. The van der Waals surface area contributed by atoms with Gasteiger partial charge in [-0.05, 0) is 44.7 Å². The molecule has 1 aromatic carbocycles. The van der Waals surface area contributed by atoms with Crippen LogP contribution < -0.4 is 15.4 Å². The number of ether oxygens (including phenoxy) is 1. The van der Waals surface area contributed by atoms with Gasteiger partial charge in [-0.15, -0.1) is 24.0 Å². The van der Waals surface area contributed by atoms with E-state index in [0.717, 1.165) is 12.1 Å². The molecule has 0 saturated carbocycles. The number of guanidine groups is 1.